The van der Waals surface area contributed by atoms with Gasteiger partial charge >= 0.3 is 6.03 Å². The molecule has 0 aromatic heterocycles. The van der Waals surface area contributed by atoms with Gasteiger partial charge in [-0.15, -0.1) is 0 Å². The third-order valence-electron chi connectivity index (χ3n) is 2.68. The minimum Gasteiger partial charge on any atom is -0.337 e. The van der Waals surface area contributed by atoms with Gasteiger partial charge in [-0.1, -0.05) is 32.0 Å². The molecule has 0 aliphatic heterocycles. The lowest BCUT2D eigenvalue weighted by atomic mass is 10.0. The number of benzene rings is 1. The molecule has 0 fully saturated rings. The number of likely N-dealkylation sites (N-methyl/N-ethyl adjacent to an activating group) is 1. The van der Waals surface area contributed by atoms with E-state index in [0.29, 0.717) is 12.5 Å². The molecule has 1 aromatic rings. The van der Waals surface area contributed by atoms with E-state index in [9.17, 15) is 4.79 Å². The van der Waals surface area contributed by atoms with Gasteiger partial charge < -0.3 is 15.5 Å². The summed E-state index contributed by atoms with van der Waals surface area (Å²) in [5.41, 5.74) is 2.04. The van der Waals surface area contributed by atoms with Crippen LogP contribution in [0.1, 0.15) is 25.3 Å². The average molecular weight is 249 g/mol. The fourth-order valence-corrected chi connectivity index (χ4v) is 1.67. The monoisotopic (exact) mass is 249 g/mol. The number of carbonyl (C=O) groups excluding carboxylic acids is 1. The predicted molar refractivity (Wildman–Crippen MR) is 76.1 cm³/mol. The maximum Gasteiger partial charge on any atom is 0.319 e. The predicted octanol–water partition coefficient (Wildman–Crippen LogP) is 2.49. The van der Waals surface area contributed by atoms with Gasteiger partial charge in [-0.05, 0) is 31.6 Å². The van der Waals surface area contributed by atoms with Crippen molar-refractivity contribution in [3.8, 4) is 0 Å². The van der Waals surface area contributed by atoms with Gasteiger partial charge in [-0.2, -0.15) is 0 Å². The van der Waals surface area contributed by atoms with Gasteiger partial charge in [0.05, 0.1) is 0 Å². The second-order valence-corrected chi connectivity index (χ2v) is 4.93. The Kier molecular flexibility index (Phi) is 5.65. The van der Waals surface area contributed by atoms with Crippen molar-refractivity contribution in [1.82, 2.24) is 10.2 Å². The van der Waals surface area contributed by atoms with Crippen molar-refractivity contribution in [2.75, 3.05) is 32.5 Å². The zero-order valence-electron chi connectivity index (χ0n) is 11.7. The molecule has 0 radical (unpaired) electrons. The van der Waals surface area contributed by atoms with Crippen LogP contribution in [0.15, 0.2) is 24.3 Å². The summed E-state index contributed by atoms with van der Waals surface area (Å²) >= 11 is 0. The molecule has 0 heterocycles. The third-order valence-corrected chi connectivity index (χ3v) is 2.68. The number of rotatable bonds is 5. The molecule has 1 aromatic carbocycles. The maximum atomic E-state index is 11.7. The molecule has 4 nitrogen and oxygen atoms in total. The molecule has 0 saturated heterocycles. The molecule has 0 aliphatic rings. The first-order chi connectivity index (χ1) is 8.50. The molecule has 4 heteroatoms. The molecular weight excluding hydrogens is 226 g/mol. The van der Waals surface area contributed by atoms with Crippen LogP contribution in [0.4, 0.5) is 10.5 Å². The summed E-state index contributed by atoms with van der Waals surface area (Å²) in [6.07, 6.45) is 0. The van der Waals surface area contributed by atoms with Crippen LogP contribution in [0, 0.1) is 0 Å². The minimum atomic E-state index is -0.148. The molecule has 0 spiro atoms. The topological polar surface area (TPSA) is 44.4 Å². The largest absolute Gasteiger partial charge is 0.337 e. The standard InChI is InChI=1S/C14H23N3O/c1-11(2)12-7-5-6-8-13(12)16-14(18)15-9-10-17(3)4/h5-8,11H,9-10H2,1-4H3,(H2,15,16,18). The van der Waals surface area contributed by atoms with Crippen molar-refractivity contribution in [2.45, 2.75) is 19.8 Å². The van der Waals surface area contributed by atoms with E-state index in [-0.39, 0.29) is 6.03 Å². The SMILES string of the molecule is CC(C)c1ccccc1NC(=O)NCCN(C)C. The van der Waals surface area contributed by atoms with E-state index in [1.165, 1.54) is 0 Å². The Hall–Kier alpha value is -1.55. The zero-order valence-corrected chi connectivity index (χ0v) is 11.7. The van der Waals surface area contributed by atoms with Crippen molar-refractivity contribution in [3.05, 3.63) is 29.8 Å². The Morgan fingerprint density at radius 1 is 1.28 bits per heavy atom. The summed E-state index contributed by atoms with van der Waals surface area (Å²) in [6, 6.07) is 7.75. The average Bonchev–Trinajstić information content (AvgIpc) is 2.28. The molecule has 100 valence electrons. The fraction of sp³-hybridized carbons (Fsp3) is 0.500. The summed E-state index contributed by atoms with van der Waals surface area (Å²) < 4.78 is 0. The number of hydrogen-bond acceptors (Lipinski definition) is 2. The highest BCUT2D eigenvalue weighted by Crippen LogP contribution is 2.23. The smallest absolute Gasteiger partial charge is 0.319 e. The maximum absolute atomic E-state index is 11.7. The summed E-state index contributed by atoms with van der Waals surface area (Å²) in [5, 5.41) is 5.73. The minimum absolute atomic E-state index is 0.148. The van der Waals surface area contributed by atoms with Gasteiger partial charge in [0, 0.05) is 18.8 Å². The first kappa shape index (κ1) is 14.5. The van der Waals surface area contributed by atoms with E-state index in [2.05, 4.69) is 24.5 Å². The number of carbonyl (C=O) groups is 1. The molecule has 1 rings (SSSR count). The Bertz CT molecular complexity index is 388. The number of hydrogen-bond donors (Lipinski definition) is 2. The van der Waals surface area contributed by atoms with Crippen LogP contribution < -0.4 is 10.6 Å². The fourth-order valence-electron chi connectivity index (χ4n) is 1.67. The lowest BCUT2D eigenvalue weighted by molar-refractivity contribution is 0.250. The van der Waals surface area contributed by atoms with E-state index in [1.54, 1.807) is 0 Å². The highest BCUT2D eigenvalue weighted by Gasteiger charge is 2.08. The van der Waals surface area contributed by atoms with Crippen molar-refractivity contribution in [3.63, 3.8) is 0 Å². The summed E-state index contributed by atoms with van der Waals surface area (Å²) in [4.78, 5) is 13.8. The Morgan fingerprint density at radius 3 is 2.56 bits per heavy atom. The van der Waals surface area contributed by atoms with Crippen LogP contribution in [0.5, 0.6) is 0 Å². The molecule has 0 saturated carbocycles. The number of para-hydroxylation sites is 1. The molecule has 2 N–H and O–H groups in total. The van der Waals surface area contributed by atoms with Gasteiger partial charge in [0.25, 0.3) is 0 Å². The first-order valence-corrected chi connectivity index (χ1v) is 6.29. The van der Waals surface area contributed by atoms with Crippen LogP contribution in [0.2, 0.25) is 0 Å². The van der Waals surface area contributed by atoms with Gasteiger partial charge in [0.15, 0.2) is 0 Å². The zero-order chi connectivity index (χ0) is 13.5. The lowest BCUT2D eigenvalue weighted by Gasteiger charge is -2.15. The first-order valence-electron chi connectivity index (χ1n) is 6.29. The highest BCUT2D eigenvalue weighted by molar-refractivity contribution is 5.90. The molecule has 0 unspecified atom stereocenters. The second kappa shape index (κ2) is 7.01. The van der Waals surface area contributed by atoms with Crippen molar-refractivity contribution in [2.24, 2.45) is 0 Å². The van der Waals surface area contributed by atoms with Crippen LogP contribution >= 0.6 is 0 Å². The molecular formula is C14H23N3O. The van der Waals surface area contributed by atoms with Crippen LogP contribution in [0.3, 0.4) is 0 Å². The second-order valence-electron chi connectivity index (χ2n) is 4.93. The van der Waals surface area contributed by atoms with E-state index in [1.807, 2.05) is 43.3 Å². The van der Waals surface area contributed by atoms with Crippen LogP contribution in [-0.2, 0) is 0 Å². The number of nitrogens with one attached hydrogen (secondary N) is 2. The lowest BCUT2D eigenvalue weighted by Crippen LogP contribution is -2.34. The molecule has 0 aliphatic carbocycles. The summed E-state index contributed by atoms with van der Waals surface area (Å²) in [6.45, 7) is 5.71. The Morgan fingerprint density at radius 2 is 1.94 bits per heavy atom. The van der Waals surface area contributed by atoms with Gasteiger partial charge in [0.1, 0.15) is 0 Å². The van der Waals surface area contributed by atoms with Crippen LogP contribution in [-0.4, -0.2) is 38.1 Å². The quantitative estimate of drug-likeness (QED) is 0.842. The molecule has 18 heavy (non-hydrogen) atoms. The normalized spacial score (nSPS) is 10.8. The number of nitrogens with zero attached hydrogens (tertiary/aromatic N) is 1. The van der Waals surface area contributed by atoms with Crippen molar-refractivity contribution < 1.29 is 4.79 Å². The highest BCUT2D eigenvalue weighted by atomic mass is 16.2. The molecule has 2 amide bonds. The number of urea groups is 1. The van der Waals surface area contributed by atoms with Crippen molar-refractivity contribution in [1.29, 1.82) is 0 Å². The summed E-state index contributed by atoms with van der Waals surface area (Å²) in [7, 11) is 3.96. The Balaban J connectivity index is 2.54. The van der Waals surface area contributed by atoms with Gasteiger partial charge in [-0.25, -0.2) is 4.79 Å². The summed E-state index contributed by atoms with van der Waals surface area (Å²) in [5.74, 6) is 0.392. The van der Waals surface area contributed by atoms with E-state index in [0.717, 1.165) is 17.8 Å². The van der Waals surface area contributed by atoms with Gasteiger partial charge in [-0.3, -0.25) is 0 Å². The van der Waals surface area contributed by atoms with E-state index in [4.69, 9.17) is 0 Å². The third kappa shape index (κ3) is 4.75. The van der Waals surface area contributed by atoms with Crippen LogP contribution in [0.25, 0.3) is 0 Å². The molecule has 0 atom stereocenters. The van der Waals surface area contributed by atoms with Crippen molar-refractivity contribution >= 4 is 11.7 Å². The Labute approximate surface area is 109 Å². The van der Waals surface area contributed by atoms with Gasteiger partial charge in [0.2, 0.25) is 0 Å². The molecule has 0 bridgehead atoms. The number of amides is 2. The van der Waals surface area contributed by atoms with E-state index < -0.39 is 0 Å². The van der Waals surface area contributed by atoms with E-state index >= 15 is 0 Å². The number of anilines is 1.